The summed E-state index contributed by atoms with van der Waals surface area (Å²) in [4.78, 5) is 0. The molecule has 0 amide bonds. The van der Waals surface area contributed by atoms with Crippen molar-refractivity contribution in [2.45, 2.75) is 19.4 Å². The normalized spacial score (nSPS) is 12.9. The Morgan fingerprint density at radius 2 is 1.88 bits per heavy atom. The lowest BCUT2D eigenvalue weighted by molar-refractivity contribution is 0.00179. The lowest BCUT2D eigenvalue weighted by atomic mass is 10.4. The summed E-state index contributed by atoms with van der Waals surface area (Å²) in [5, 5.41) is 12.5. The van der Waals surface area contributed by atoms with Crippen LogP contribution in [0.4, 0.5) is 0 Å². The van der Waals surface area contributed by atoms with Gasteiger partial charge in [-0.05, 0) is 13.0 Å². The van der Waals surface area contributed by atoms with E-state index in [1.54, 1.807) is 7.11 Å². The fourth-order valence-corrected chi connectivity index (χ4v) is 1.11. The zero-order valence-corrected chi connectivity index (χ0v) is 10.4. The number of rotatable bonds is 12. The van der Waals surface area contributed by atoms with Gasteiger partial charge in [0.15, 0.2) is 0 Å². The summed E-state index contributed by atoms with van der Waals surface area (Å²) in [5.41, 5.74) is 0. The van der Waals surface area contributed by atoms with Crippen LogP contribution in [0.1, 0.15) is 13.3 Å². The minimum absolute atomic E-state index is 0.356. The van der Waals surface area contributed by atoms with E-state index < -0.39 is 6.10 Å². The summed E-state index contributed by atoms with van der Waals surface area (Å²) in [5.74, 6) is 0. The topological polar surface area (TPSA) is 60.0 Å². The molecule has 0 aliphatic carbocycles. The predicted molar refractivity (Wildman–Crippen MR) is 62.7 cm³/mol. The van der Waals surface area contributed by atoms with Gasteiger partial charge in [-0.15, -0.1) is 0 Å². The van der Waals surface area contributed by atoms with E-state index in [9.17, 15) is 5.11 Å². The van der Waals surface area contributed by atoms with Crippen LogP contribution in [0.5, 0.6) is 0 Å². The van der Waals surface area contributed by atoms with Crippen molar-refractivity contribution in [1.29, 1.82) is 0 Å². The molecule has 98 valence electrons. The van der Waals surface area contributed by atoms with Crippen molar-refractivity contribution in [1.82, 2.24) is 5.32 Å². The van der Waals surface area contributed by atoms with Crippen molar-refractivity contribution in [2.24, 2.45) is 0 Å². The van der Waals surface area contributed by atoms with Crippen LogP contribution in [-0.4, -0.2) is 64.4 Å². The van der Waals surface area contributed by atoms with Gasteiger partial charge in [0, 0.05) is 26.9 Å². The van der Waals surface area contributed by atoms with Gasteiger partial charge in [-0.25, -0.2) is 0 Å². The van der Waals surface area contributed by atoms with E-state index >= 15 is 0 Å². The highest BCUT2D eigenvalue weighted by Gasteiger charge is 2.02. The number of aliphatic hydroxyl groups is 1. The van der Waals surface area contributed by atoms with Gasteiger partial charge in [0.2, 0.25) is 0 Å². The molecule has 0 aromatic heterocycles. The molecule has 0 aliphatic heterocycles. The van der Waals surface area contributed by atoms with Crippen LogP contribution >= 0.6 is 0 Å². The molecule has 5 heteroatoms. The molecule has 0 aromatic rings. The van der Waals surface area contributed by atoms with E-state index in [2.05, 4.69) is 5.32 Å². The van der Waals surface area contributed by atoms with E-state index in [0.29, 0.717) is 33.0 Å². The number of hydrogen-bond donors (Lipinski definition) is 2. The highest BCUT2D eigenvalue weighted by atomic mass is 16.5. The first kappa shape index (κ1) is 15.8. The summed E-state index contributed by atoms with van der Waals surface area (Å²) in [6, 6.07) is 0. The van der Waals surface area contributed by atoms with Crippen LogP contribution in [0.15, 0.2) is 0 Å². The van der Waals surface area contributed by atoms with Crippen molar-refractivity contribution in [3.05, 3.63) is 0 Å². The molecular weight excluding hydrogens is 210 g/mol. The SMILES string of the molecule is CCNCC(O)COCCOCCCOC. The fourth-order valence-electron chi connectivity index (χ4n) is 1.11. The first-order valence-corrected chi connectivity index (χ1v) is 5.84. The van der Waals surface area contributed by atoms with Crippen molar-refractivity contribution < 1.29 is 19.3 Å². The standard InChI is InChI=1S/C11H25NO4/c1-3-12-9-11(13)10-16-8-7-15-6-4-5-14-2/h11-13H,3-10H2,1-2H3. The summed E-state index contributed by atoms with van der Waals surface area (Å²) in [6.45, 7) is 6.30. The predicted octanol–water partition coefficient (Wildman–Crippen LogP) is 0.0265. The zero-order valence-electron chi connectivity index (χ0n) is 10.4. The Hall–Kier alpha value is -0.200. The number of aliphatic hydroxyl groups excluding tert-OH is 1. The number of nitrogens with one attached hydrogen (secondary N) is 1. The Kier molecular flexibility index (Phi) is 12.7. The summed E-state index contributed by atoms with van der Waals surface area (Å²) in [7, 11) is 1.68. The first-order chi connectivity index (χ1) is 7.81. The minimum Gasteiger partial charge on any atom is -0.389 e. The molecule has 2 N–H and O–H groups in total. The van der Waals surface area contributed by atoms with Gasteiger partial charge in [-0.3, -0.25) is 0 Å². The van der Waals surface area contributed by atoms with Crippen molar-refractivity contribution in [3.63, 3.8) is 0 Å². The van der Waals surface area contributed by atoms with E-state index in [1.807, 2.05) is 6.92 Å². The third kappa shape index (κ3) is 11.9. The van der Waals surface area contributed by atoms with E-state index in [-0.39, 0.29) is 0 Å². The maximum Gasteiger partial charge on any atom is 0.0897 e. The van der Waals surface area contributed by atoms with Gasteiger partial charge in [0.1, 0.15) is 0 Å². The monoisotopic (exact) mass is 235 g/mol. The quantitative estimate of drug-likeness (QED) is 0.467. The van der Waals surface area contributed by atoms with Gasteiger partial charge in [-0.1, -0.05) is 6.92 Å². The second-order valence-electron chi connectivity index (χ2n) is 3.50. The van der Waals surface area contributed by atoms with E-state index in [1.165, 1.54) is 0 Å². The number of methoxy groups -OCH3 is 1. The van der Waals surface area contributed by atoms with Crippen molar-refractivity contribution in [3.8, 4) is 0 Å². The number of likely N-dealkylation sites (N-methyl/N-ethyl adjacent to an activating group) is 1. The number of hydrogen-bond acceptors (Lipinski definition) is 5. The second kappa shape index (κ2) is 12.9. The maximum atomic E-state index is 9.41. The lowest BCUT2D eigenvalue weighted by Crippen LogP contribution is -2.30. The summed E-state index contributed by atoms with van der Waals surface area (Å²) < 4.78 is 15.4. The molecule has 0 fully saturated rings. The van der Waals surface area contributed by atoms with Crippen LogP contribution in [0, 0.1) is 0 Å². The van der Waals surface area contributed by atoms with Crippen LogP contribution in [0.25, 0.3) is 0 Å². The smallest absolute Gasteiger partial charge is 0.0897 e. The fraction of sp³-hybridized carbons (Fsp3) is 1.00. The van der Waals surface area contributed by atoms with Gasteiger partial charge in [0.05, 0.1) is 25.9 Å². The first-order valence-electron chi connectivity index (χ1n) is 5.84. The van der Waals surface area contributed by atoms with Gasteiger partial charge < -0.3 is 24.6 Å². The molecular formula is C11H25NO4. The molecule has 1 atom stereocenters. The molecule has 0 rings (SSSR count). The summed E-state index contributed by atoms with van der Waals surface area (Å²) >= 11 is 0. The number of ether oxygens (including phenoxy) is 3. The molecule has 0 saturated carbocycles. The van der Waals surface area contributed by atoms with Gasteiger partial charge >= 0.3 is 0 Å². The average molecular weight is 235 g/mol. The molecule has 0 radical (unpaired) electrons. The Balaban J connectivity index is 3.02. The molecule has 0 aliphatic rings. The minimum atomic E-state index is -0.437. The highest BCUT2D eigenvalue weighted by molar-refractivity contribution is 4.56. The Labute approximate surface area is 98.1 Å². The third-order valence-electron chi connectivity index (χ3n) is 1.95. The van der Waals surface area contributed by atoms with Crippen LogP contribution < -0.4 is 5.32 Å². The molecule has 5 nitrogen and oxygen atoms in total. The largest absolute Gasteiger partial charge is 0.389 e. The molecule has 16 heavy (non-hydrogen) atoms. The van der Waals surface area contributed by atoms with Gasteiger partial charge in [0.25, 0.3) is 0 Å². The summed E-state index contributed by atoms with van der Waals surface area (Å²) in [6.07, 6.45) is 0.466. The average Bonchev–Trinajstić information content (AvgIpc) is 2.30. The molecule has 1 unspecified atom stereocenters. The Morgan fingerprint density at radius 1 is 1.12 bits per heavy atom. The van der Waals surface area contributed by atoms with Crippen LogP contribution in [-0.2, 0) is 14.2 Å². The molecule has 0 bridgehead atoms. The Morgan fingerprint density at radius 3 is 2.56 bits per heavy atom. The maximum absolute atomic E-state index is 9.41. The zero-order chi connectivity index (χ0) is 12.1. The molecule has 0 heterocycles. The second-order valence-corrected chi connectivity index (χ2v) is 3.50. The lowest BCUT2D eigenvalue weighted by Gasteiger charge is -2.11. The van der Waals surface area contributed by atoms with E-state index in [4.69, 9.17) is 14.2 Å². The van der Waals surface area contributed by atoms with Crippen molar-refractivity contribution >= 4 is 0 Å². The van der Waals surface area contributed by atoms with Crippen LogP contribution in [0.3, 0.4) is 0 Å². The third-order valence-corrected chi connectivity index (χ3v) is 1.95. The highest BCUT2D eigenvalue weighted by Crippen LogP contribution is 1.87. The van der Waals surface area contributed by atoms with Crippen LogP contribution in [0.2, 0.25) is 0 Å². The molecule has 0 aromatic carbocycles. The molecule has 0 spiro atoms. The van der Waals surface area contributed by atoms with Gasteiger partial charge in [-0.2, -0.15) is 0 Å². The van der Waals surface area contributed by atoms with E-state index in [0.717, 1.165) is 19.6 Å². The molecule has 0 saturated heterocycles. The Bertz CT molecular complexity index is 135. The van der Waals surface area contributed by atoms with Crippen molar-refractivity contribution in [2.75, 3.05) is 53.2 Å².